The van der Waals surface area contributed by atoms with Crippen LogP contribution in [-0.2, 0) is 29.2 Å². The summed E-state index contributed by atoms with van der Waals surface area (Å²) in [5.41, 5.74) is -1.81. The molecule has 0 aromatic rings. The van der Waals surface area contributed by atoms with Crippen LogP contribution < -0.4 is 0 Å². The van der Waals surface area contributed by atoms with Crippen LogP contribution in [0.4, 0.5) is 13.2 Å². The normalized spacial score (nSPS) is 13.8. The van der Waals surface area contributed by atoms with Crippen molar-refractivity contribution in [1.82, 2.24) is 0 Å². The van der Waals surface area contributed by atoms with Crippen molar-refractivity contribution in [2.75, 3.05) is 23.0 Å². The number of rotatable bonds is 15. The molecule has 1 unspecified atom stereocenters. The molecule has 0 N–H and O–H groups in total. The minimum absolute atomic E-state index is 0.253. The lowest BCUT2D eigenvalue weighted by Gasteiger charge is -2.19. The molecule has 0 heterocycles. The number of sulfone groups is 2. The number of halogens is 3. The van der Waals surface area contributed by atoms with Crippen LogP contribution >= 0.6 is 0 Å². The molecule has 0 rings (SSSR count). The van der Waals surface area contributed by atoms with Crippen molar-refractivity contribution in [2.45, 2.75) is 71.1 Å². The highest BCUT2D eigenvalue weighted by Crippen LogP contribution is 2.25. The average molecular weight is 465 g/mol. The fraction of sp³-hybridized carbons (Fsp3) is 0.833. The maximum Gasteiger partial charge on any atom is 0.422 e. The van der Waals surface area contributed by atoms with Crippen LogP contribution in [0.25, 0.3) is 0 Å². The molecule has 6 nitrogen and oxygen atoms in total. The van der Waals surface area contributed by atoms with E-state index < -0.39 is 55.0 Å². The molecule has 0 saturated heterocycles. The van der Waals surface area contributed by atoms with Gasteiger partial charge in [-0.05, 0) is 12.8 Å². The zero-order valence-electron chi connectivity index (χ0n) is 17.0. The van der Waals surface area contributed by atoms with Crippen molar-refractivity contribution >= 4 is 25.6 Å². The number of esters is 1. The molecule has 172 valence electrons. The van der Waals surface area contributed by atoms with Crippen LogP contribution in [0.1, 0.15) is 58.8 Å². The van der Waals surface area contributed by atoms with Crippen LogP contribution in [-0.4, -0.2) is 58.1 Å². The third-order valence-electron chi connectivity index (χ3n) is 4.11. The van der Waals surface area contributed by atoms with E-state index in [4.69, 9.17) is 0 Å². The summed E-state index contributed by atoms with van der Waals surface area (Å²) in [5.74, 6) is -4.07. The van der Waals surface area contributed by atoms with Gasteiger partial charge in [-0.15, -0.1) is 0 Å². The number of unbranched alkanes of at least 4 members (excludes halogenated alkanes) is 5. The molecule has 0 spiro atoms. The quantitative estimate of drug-likeness (QED) is 0.209. The molecule has 29 heavy (non-hydrogen) atoms. The van der Waals surface area contributed by atoms with Gasteiger partial charge < -0.3 is 4.74 Å². The summed E-state index contributed by atoms with van der Waals surface area (Å²) < 4.78 is 91.5. The Bertz CT molecular complexity index is 727. The van der Waals surface area contributed by atoms with Crippen molar-refractivity contribution in [3.05, 3.63) is 12.2 Å². The van der Waals surface area contributed by atoms with E-state index in [2.05, 4.69) is 11.3 Å². The first-order chi connectivity index (χ1) is 13.2. The first kappa shape index (κ1) is 27.9. The Morgan fingerprint density at radius 1 is 0.862 bits per heavy atom. The molecular formula is C18H31F3O6S2. The largest absolute Gasteiger partial charge is 0.457 e. The second kappa shape index (κ2) is 12.6. The predicted molar refractivity (Wildman–Crippen MR) is 106 cm³/mol. The number of carbonyl (C=O) groups is 1. The molecule has 0 saturated carbocycles. The minimum atomic E-state index is -5.05. The van der Waals surface area contributed by atoms with E-state index >= 15 is 0 Å². The Labute approximate surface area is 171 Å². The van der Waals surface area contributed by atoms with Crippen molar-refractivity contribution in [2.24, 2.45) is 0 Å². The highest BCUT2D eigenvalue weighted by molar-refractivity contribution is 7.92. The van der Waals surface area contributed by atoms with Crippen molar-refractivity contribution in [3.63, 3.8) is 0 Å². The van der Waals surface area contributed by atoms with Gasteiger partial charge in [0.2, 0.25) is 0 Å². The monoisotopic (exact) mass is 464 g/mol. The van der Waals surface area contributed by atoms with Gasteiger partial charge in [-0.2, -0.15) is 13.2 Å². The molecule has 0 aliphatic rings. The molecule has 0 aromatic heterocycles. The van der Waals surface area contributed by atoms with Gasteiger partial charge in [0.15, 0.2) is 19.7 Å². The Morgan fingerprint density at radius 2 is 1.28 bits per heavy atom. The van der Waals surface area contributed by atoms with E-state index in [1.165, 1.54) is 0 Å². The Kier molecular flexibility index (Phi) is 12.1. The molecule has 0 aliphatic heterocycles. The molecule has 0 aliphatic carbocycles. The zero-order chi connectivity index (χ0) is 22.7. The molecule has 0 bridgehead atoms. The summed E-state index contributed by atoms with van der Waals surface area (Å²) in [6.07, 6.45) is -2.35. The average Bonchev–Trinajstić information content (AvgIpc) is 2.56. The lowest BCUT2D eigenvalue weighted by Crippen LogP contribution is -2.36. The van der Waals surface area contributed by atoms with Gasteiger partial charge in [-0.1, -0.05) is 52.5 Å². The van der Waals surface area contributed by atoms with Gasteiger partial charge in [0.05, 0.1) is 23.0 Å². The summed E-state index contributed by atoms with van der Waals surface area (Å²) in [6, 6.07) is 0. The van der Waals surface area contributed by atoms with E-state index in [-0.39, 0.29) is 11.5 Å². The van der Waals surface area contributed by atoms with Gasteiger partial charge in [0, 0.05) is 0 Å². The number of hydrogen-bond donors (Lipinski definition) is 0. The first-order valence-corrected chi connectivity index (χ1v) is 13.3. The lowest BCUT2D eigenvalue weighted by molar-refractivity contribution is -0.153. The first-order valence-electron chi connectivity index (χ1n) is 9.62. The smallest absolute Gasteiger partial charge is 0.422 e. The summed E-state index contributed by atoms with van der Waals surface area (Å²) >= 11 is 0. The van der Waals surface area contributed by atoms with Crippen molar-refractivity contribution in [3.8, 4) is 0 Å². The van der Waals surface area contributed by atoms with Crippen LogP contribution in [0, 0.1) is 0 Å². The molecule has 1 atom stereocenters. The van der Waals surface area contributed by atoms with Gasteiger partial charge in [-0.3, -0.25) is 0 Å². The Balaban J connectivity index is 5.28. The maximum atomic E-state index is 12.6. The van der Waals surface area contributed by atoms with Crippen LogP contribution in [0.2, 0.25) is 0 Å². The van der Waals surface area contributed by atoms with E-state index in [0.717, 1.165) is 19.3 Å². The maximum absolute atomic E-state index is 12.6. The number of carbonyl (C=O) groups excluding carboxylic acids is 1. The zero-order valence-corrected chi connectivity index (χ0v) is 18.6. The summed E-state index contributed by atoms with van der Waals surface area (Å²) in [7, 11) is -7.63. The lowest BCUT2D eigenvalue weighted by atomic mass is 10.2. The van der Waals surface area contributed by atoms with Crippen molar-refractivity contribution in [1.29, 1.82) is 0 Å². The number of ether oxygens (including phenoxy) is 1. The van der Waals surface area contributed by atoms with Crippen LogP contribution in [0.3, 0.4) is 0 Å². The van der Waals surface area contributed by atoms with Gasteiger partial charge in [-0.25, -0.2) is 21.6 Å². The van der Waals surface area contributed by atoms with Gasteiger partial charge >= 0.3 is 12.1 Å². The van der Waals surface area contributed by atoms with Gasteiger partial charge in [0.1, 0.15) is 11.7 Å². The summed E-state index contributed by atoms with van der Waals surface area (Å²) in [4.78, 5) is 11.7. The second-order valence-electron chi connectivity index (χ2n) is 7.00. The molecule has 11 heteroatoms. The van der Waals surface area contributed by atoms with E-state index in [0.29, 0.717) is 25.7 Å². The van der Waals surface area contributed by atoms with Crippen LogP contribution in [0.15, 0.2) is 12.2 Å². The molecule has 0 amide bonds. The highest BCUT2D eigenvalue weighted by atomic mass is 32.2. The highest BCUT2D eigenvalue weighted by Gasteiger charge is 2.39. The summed E-state index contributed by atoms with van der Waals surface area (Å²) in [5, 5.41) is 0. The summed E-state index contributed by atoms with van der Waals surface area (Å²) in [6.45, 7) is 6.42. The van der Waals surface area contributed by atoms with E-state index in [1.807, 2.05) is 13.8 Å². The van der Waals surface area contributed by atoms with Gasteiger partial charge in [0.25, 0.3) is 0 Å². The SMILES string of the molecule is C=C(C(=O)OC(CS(=O)(=O)CCCCC)CS(=O)(=O)CCCCCC)C(F)(F)F. The van der Waals surface area contributed by atoms with E-state index in [1.54, 1.807) is 0 Å². The number of hydrogen-bond acceptors (Lipinski definition) is 6. The van der Waals surface area contributed by atoms with Crippen molar-refractivity contribution < 1.29 is 39.5 Å². The second-order valence-corrected chi connectivity index (χ2v) is 11.5. The predicted octanol–water partition coefficient (Wildman–Crippen LogP) is 3.62. The van der Waals surface area contributed by atoms with E-state index in [9.17, 15) is 34.8 Å². The fourth-order valence-corrected chi connectivity index (χ4v) is 5.78. The molecule has 0 radical (unpaired) electrons. The number of alkyl halides is 3. The fourth-order valence-electron chi connectivity index (χ4n) is 2.51. The Morgan fingerprint density at radius 3 is 1.69 bits per heavy atom. The van der Waals surface area contributed by atoms with Crippen LogP contribution in [0.5, 0.6) is 0 Å². The third-order valence-corrected chi connectivity index (χ3v) is 7.69. The molecule has 0 fully saturated rings. The molecular weight excluding hydrogens is 433 g/mol. The third kappa shape index (κ3) is 12.9. The molecule has 0 aromatic carbocycles. The Hall–Kier alpha value is -1.10. The standard InChI is InChI=1S/C18H31F3O6S2/c1-4-6-8-10-12-29(25,26)14-16(13-28(23,24)11-9-7-5-2)27-17(22)15(3)18(19,20)21/h16H,3-14H2,1-2H3. The topological polar surface area (TPSA) is 94.6 Å². The minimum Gasteiger partial charge on any atom is -0.457 e.